The number of hydrogen-bond donors (Lipinski definition) is 2. The fraction of sp³-hybridized carbons (Fsp3) is 0.500. The monoisotopic (exact) mass is 368 g/mol. The van der Waals surface area contributed by atoms with E-state index in [1.165, 1.54) is 0 Å². The highest BCUT2D eigenvalue weighted by atomic mass is 32.2. The topological polar surface area (TPSA) is 111 Å². The number of aryl methyl sites for hydroxylation is 1. The Morgan fingerprint density at radius 3 is 2.64 bits per heavy atom. The second kappa shape index (κ2) is 7.30. The summed E-state index contributed by atoms with van der Waals surface area (Å²) in [6.07, 6.45) is 1.30. The molecule has 2 heterocycles. The average molecular weight is 368 g/mol. The smallest absolute Gasteiger partial charge is 0.238 e. The molecule has 1 aromatic carbocycles. The van der Waals surface area contributed by atoms with Gasteiger partial charge < -0.3 is 9.47 Å². The van der Waals surface area contributed by atoms with Crippen LogP contribution >= 0.6 is 0 Å². The highest BCUT2D eigenvalue weighted by Crippen LogP contribution is 2.32. The van der Waals surface area contributed by atoms with Crippen LogP contribution in [0.15, 0.2) is 18.2 Å². The molecule has 1 atom stereocenters. The van der Waals surface area contributed by atoms with Gasteiger partial charge in [0.1, 0.15) is 0 Å². The number of rotatable bonds is 5. The molecule has 3 rings (SSSR count). The quantitative estimate of drug-likeness (QED) is 0.724. The maximum atomic E-state index is 11.8. The predicted molar refractivity (Wildman–Crippen MR) is 88.5 cm³/mol. The van der Waals surface area contributed by atoms with Crippen molar-refractivity contribution in [3.05, 3.63) is 23.8 Å². The Kier molecular flexibility index (Phi) is 5.12. The molecule has 1 fully saturated rings. The molecule has 25 heavy (non-hydrogen) atoms. The fourth-order valence-corrected chi connectivity index (χ4v) is 4.76. The van der Waals surface area contributed by atoms with Crippen molar-refractivity contribution in [2.75, 3.05) is 18.3 Å². The molecule has 1 unspecified atom stereocenters. The van der Waals surface area contributed by atoms with E-state index >= 15 is 0 Å². The van der Waals surface area contributed by atoms with E-state index in [0.29, 0.717) is 24.3 Å². The maximum absolute atomic E-state index is 11.8. The van der Waals surface area contributed by atoms with Crippen molar-refractivity contribution in [3.63, 3.8) is 0 Å². The Labute approximate surface area is 145 Å². The van der Waals surface area contributed by atoms with Gasteiger partial charge in [0.25, 0.3) is 0 Å². The van der Waals surface area contributed by atoms with Gasteiger partial charge in [-0.25, -0.2) is 8.42 Å². The van der Waals surface area contributed by atoms with Crippen LogP contribution in [0.25, 0.3) is 0 Å². The number of fused-ring (bicyclic) bond motifs is 1. The van der Waals surface area contributed by atoms with Crippen LogP contribution in [0.1, 0.15) is 24.8 Å². The van der Waals surface area contributed by atoms with Crippen molar-refractivity contribution in [1.29, 1.82) is 0 Å². The van der Waals surface area contributed by atoms with Gasteiger partial charge in [-0.1, -0.05) is 6.07 Å². The summed E-state index contributed by atoms with van der Waals surface area (Å²) in [5.41, 5.74) is 5.62. The van der Waals surface area contributed by atoms with Crippen LogP contribution in [-0.4, -0.2) is 38.5 Å². The van der Waals surface area contributed by atoms with E-state index in [4.69, 9.17) is 9.47 Å². The van der Waals surface area contributed by atoms with Crippen molar-refractivity contribution in [1.82, 2.24) is 10.9 Å². The summed E-state index contributed by atoms with van der Waals surface area (Å²) in [6, 6.07) is 5.49. The van der Waals surface area contributed by atoms with Crippen LogP contribution in [0.5, 0.6) is 11.5 Å². The highest BCUT2D eigenvalue weighted by Gasteiger charge is 2.29. The van der Waals surface area contributed by atoms with Crippen LogP contribution < -0.4 is 20.3 Å². The molecule has 0 spiro atoms. The molecule has 8 nitrogen and oxygen atoms in total. The number of sulfone groups is 1. The molecular formula is C16H20N2O6S. The van der Waals surface area contributed by atoms with Crippen molar-refractivity contribution in [3.8, 4) is 11.5 Å². The Balaban J connectivity index is 1.37. The van der Waals surface area contributed by atoms with E-state index in [1.54, 1.807) is 6.07 Å². The third-order valence-corrected chi connectivity index (χ3v) is 6.06. The van der Waals surface area contributed by atoms with Crippen LogP contribution in [0.4, 0.5) is 0 Å². The van der Waals surface area contributed by atoms with E-state index in [1.807, 2.05) is 12.1 Å². The van der Waals surface area contributed by atoms with Gasteiger partial charge in [-0.2, -0.15) is 0 Å². The molecule has 0 bridgehead atoms. The summed E-state index contributed by atoms with van der Waals surface area (Å²) in [4.78, 5) is 23.6. The molecule has 136 valence electrons. The SMILES string of the molecule is O=C(CCc1ccc2c(c1)OCO2)NNC(=O)CC1CCS(=O)(=O)C1. The molecule has 2 N–H and O–H groups in total. The first-order chi connectivity index (χ1) is 11.9. The molecular weight excluding hydrogens is 348 g/mol. The zero-order valence-corrected chi connectivity index (χ0v) is 14.4. The standard InChI is InChI=1S/C16H20N2O6S/c19-15(4-2-11-1-3-13-14(7-11)24-10-23-13)17-18-16(20)8-12-5-6-25(21,22)9-12/h1,3,7,12H,2,4-6,8-10H2,(H,17,19)(H,18,20). The van der Waals surface area contributed by atoms with E-state index in [2.05, 4.69) is 10.9 Å². The highest BCUT2D eigenvalue weighted by molar-refractivity contribution is 7.91. The van der Waals surface area contributed by atoms with E-state index < -0.39 is 9.84 Å². The Morgan fingerprint density at radius 1 is 1.12 bits per heavy atom. The first kappa shape index (κ1) is 17.5. The summed E-state index contributed by atoms with van der Waals surface area (Å²) in [5, 5.41) is 0. The van der Waals surface area contributed by atoms with Gasteiger partial charge in [-0.15, -0.1) is 0 Å². The molecule has 0 radical (unpaired) electrons. The first-order valence-corrected chi connectivity index (χ1v) is 9.90. The number of carbonyl (C=O) groups excluding carboxylic acids is 2. The summed E-state index contributed by atoms with van der Waals surface area (Å²) in [7, 11) is -3.00. The summed E-state index contributed by atoms with van der Waals surface area (Å²) < 4.78 is 33.2. The lowest BCUT2D eigenvalue weighted by Gasteiger charge is -2.10. The van der Waals surface area contributed by atoms with Crippen molar-refractivity contribution >= 4 is 21.7 Å². The lowest BCUT2D eigenvalue weighted by Crippen LogP contribution is -2.42. The van der Waals surface area contributed by atoms with Crippen LogP contribution in [0, 0.1) is 5.92 Å². The van der Waals surface area contributed by atoms with Crippen molar-refractivity contribution in [2.45, 2.75) is 25.7 Å². The molecule has 9 heteroatoms. The molecule has 0 aliphatic carbocycles. The molecule has 2 aliphatic heterocycles. The average Bonchev–Trinajstić information content (AvgIpc) is 3.16. The summed E-state index contributed by atoms with van der Waals surface area (Å²) in [5.74, 6) is 0.664. The lowest BCUT2D eigenvalue weighted by atomic mass is 10.1. The molecule has 1 saturated heterocycles. The Bertz CT molecular complexity index is 777. The first-order valence-electron chi connectivity index (χ1n) is 8.08. The normalized spacial score (nSPS) is 20.2. The third kappa shape index (κ3) is 4.85. The summed E-state index contributed by atoms with van der Waals surface area (Å²) in [6.45, 7) is 0.202. The number of hydrazine groups is 1. The van der Waals surface area contributed by atoms with Crippen LogP contribution in [-0.2, 0) is 25.8 Å². The Hall–Kier alpha value is -2.29. The molecule has 0 aromatic heterocycles. The molecule has 2 aliphatic rings. The Morgan fingerprint density at radius 2 is 1.88 bits per heavy atom. The number of amides is 2. The van der Waals surface area contributed by atoms with Gasteiger partial charge in [0.15, 0.2) is 21.3 Å². The van der Waals surface area contributed by atoms with E-state index in [9.17, 15) is 18.0 Å². The molecule has 0 saturated carbocycles. The van der Waals surface area contributed by atoms with Gasteiger partial charge in [0.05, 0.1) is 11.5 Å². The van der Waals surface area contributed by atoms with Crippen molar-refractivity contribution in [2.24, 2.45) is 5.92 Å². The van der Waals surface area contributed by atoms with Gasteiger partial charge in [-0.05, 0) is 36.5 Å². The van der Waals surface area contributed by atoms with E-state index in [0.717, 1.165) is 5.56 Å². The third-order valence-electron chi connectivity index (χ3n) is 4.22. The number of nitrogens with one attached hydrogen (secondary N) is 2. The maximum Gasteiger partial charge on any atom is 0.238 e. The van der Waals surface area contributed by atoms with Crippen LogP contribution in [0.3, 0.4) is 0 Å². The van der Waals surface area contributed by atoms with Gasteiger partial charge in [0.2, 0.25) is 18.6 Å². The fourth-order valence-electron chi connectivity index (χ4n) is 2.90. The number of carbonyl (C=O) groups is 2. The number of ether oxygens (including phenoxy) is 2. The second-order valence-corrected chi connectivity index (χ2v) is 8.49. The second-order valence-electron chi connectivity index (χ2n) is 6.26. The minimum atomic E-state index is -3.00. The summed E-state index contributed by atoms with van der Waals surface area (Å²) >= 11 is 0. The zero-order chi connectivity index (χ0) is 17.9. The van der Waals surface area contributed by atoms with E-state index in [-0.39, 0.29) is 48.9 Å². The van der Waals surface area contributed by atoms with Gasteiger partial charge >= 0.3 is 0 Å². The van der Waals surface area contributed by atoms with Gasteiger partial charge in [0, 0.05) is 12.8 Å². The largest absolute Gasteiger partial charge is 0.454 e. The molecule has 1 aromatic rings. The molecule has 2 amide bonds. The minimum Gasteiger partial charge on any atom is -0.454 e. The zero-order valence-electron chi connectivity index (χ0n) is 13.6. The van der Waals surface area contributed by atoms with Crippen LogP contribution in [0.2, 0.25) is 0 Å². The number of benzene rings is 1. The van der Waals surface area contributed by atoms with Gasteiger partial charge in [-0.3, -0.25) is 20.4 Å². The predicted octanol–water partition coefficient (Wildman–Crippen LogP) is 0.320. The van der Waals surface area contributed by atoms with Crippen molar-refractivity contribution < 1.29 is 27.5 Å². The lowest BCUT2D eigenvalue weighted by molar-refractivity contribution is -0.129. The minimum absolute atomic E-state index is 0.0402. The number of hydrogen-bond acceptors (Lipinski definition) is 6.